The van der Waals surface area contributed by atoms with Crippen LogP contribution in [0.15, 0.2) is 42.5 Å². The first-order valence-corrected chi connectivity index (χ1v) is 9.57. The summed E-state index contributed by atoms with van der Waals surface area (Å²) in [6.07, 6.45) is 0. The van der Waals surface area contributed by atoms with Gasteiger partial charge in [0.2, 0.25) is 0 Å². The summed E-state index contributed by atoms with van der Waals surface area (Å²) in [6, 6.07) is 10.6. The molecule has 2 amide bonds. The van der Waals surface area contributed by atoms with Gasteiger partial charge in [-0.05, 0) is 36.4 Å². The van der Waals surface area contributed by atoms with Crippen LogP contribution >= 0.6 is 11.6 Å². The van der Waals surface area contributed by atoms with Crippen LogP contribution in [0.25, 0.3) is 0 Å². The first-order valence-electron chi connectivity index (χ1n) is 9.19. The number of nitrogens with one attached hydrogen (secondary N) is 2. The quantitative estimate of drug-likeness (QED) is 0.727. The zero-order valence-electron chi connectivity index (χ0n) is 15.6. The zero-order valence-corrected chi connectivity index (χ0v) is 16.4. The fraction of sp³-hybridized carbons (Fsp3) is 0.300. The second-order valence-electron chi connectivity index (χ2n) is 6.64. The predicted molar refractivity (Wildman–Crippen MR) is 108 cm³/mol. The van der Waals surface area contributed by atoms with Crippen LogP contribution in [-0.2, 0) is 9.59 Å². The Morgan fingerprint density at radius 2 is 1.62 bits per heavy atom. The fourth-order valence-electron chi connectivity index (χ4n) is 3.05. The Kier molecular flexibility index (Phi) is 7.00. The highest BCUT2D eigenvalue weighted by atomic mass is 35.5. The van der Waals surface area contributed by atoms with Gasteiger partial charge in [-0.1, -0.05) is 11.6 Å². The molecule has 0 spiro atoms. The third-order valence-corrected chi connectivity index (χ3v) is 4.91. The van der Waals surface area contributed by atoms with E-state index in [4.69, 9.17) is 11.6 Å². The van der Waals surface area contributed by atoms with Gasteiger partial charge in [-0.15, -0.1) is 0 Å². The molecule has 0 unspecified atom stereocenters. The van der Waals surface area contributed by atoms with Crippen LogP contribution in [0.5, 0.6) is 0 Å². The topological polar surface area (TPSA) is 64.7 Å². The highest BCUT2D eigenvalue weighted by Crippen LogP contribution is 2.19. The van der Waals surface area contributed by atoms with Crippen molar-refractivity contribution in [3.05, 3.63) is 59.1 Å². The minimum absolute atomic E-state index is 0.0161. The smallest absolute Gasteiger partial charge is 0.313 e. The molecule has 0 saturated carbocycles. The summed E-state index contributed by atoms with van der Waals surface area (Å²) in [7, 11) is 0. The molecule has 2 N–H and O–H groups in total. The average molecular weight is 423 g/mol. The maximum Gasteiger partial charge on any atom is 0.313 e. The van der Waals surface area contributed by atoms with Gasteiger partial charge in [0.05, 0.1) is 0 Å². The molecule has 1 aliphatic heterocycles. The van der Waals surface area contributed by atoms with E-state index in [0.29, 0.717) is 18.1 Å². The molecule has 0 atom stereocenters. The predicted octanol–water partition coefficient (Wildman–Crippen LogP) is 2.50. The number of carbonyl (C=O) groups is 2. The number of hydrogen-bond donors (Lipinski definition) is 2. The molecule has 6 nitrogen and oxygen atoms in total. The molecule has 1 aliphatic rings. The van der Waals surface area contributed by atoms with Gasteiger partial charge in [-0.2, -0.15) is 0 Å². The maximum atomic E-state index is 13.2. The fourth-order valence-corrected chi connectivity index (χ4v) is 3.18. The maximum absolute atomic E-state index is 13.2. The lowest BCUT2D eigenvalue weighted by atomic mass is 10.2. The van der Waals surface area contributed by atoms with Crippen molar-refractivity contribution in [2.45, 2.75) is 0 Å². The molecule has 1 saturated heterocycles. The monoisotopic (exact) mass is 422 g/mol. The molecular weight excluding hydrogens is 402 g/mol. The molecule has 154 valence electrons. The van der Waals surface area contributed by atoms with Crippen molar-refractivity contribution in [3.8, 4) is 0 Å². The summed E-state index contributed by atoms with van der Waals surface area (Å²) in [5.41, 5.74) is 1.14. The summed E-state index contributed by atoms with van der Waals surface area (Å²) in [5, 5.41) is 5.48. The van der Waals surface area contributed by atoms with Crippen molar-refractivity contribution < 1.29 is 18.4 Å². The van der Waals surface area contributed by atoms with Crippen LogP contribution in [0.2, 0.25) is 5.02 Å². The third kappa shape index (κ3) is 5.88. The molecular formula is C20H21ClF2N4O2. The van der Waals surface area contributed by atoms with Crippen LogP contribution in [0, 0.1) is 11.6 Å². The van der Waals surface area contributed by atoms with Gasteiger partial charge >= 0.3 is 11.8 Å². The van der Waals surface area contributed by atoms with Crippen LogP contribution in [0.1, 0.15) is 0 Å². The van der Waals surface area contributed by atoms with Crippen molar-refractivity contribution >= 4 is 34.8 Å². The molecule has 0 aliphatic carbocycles. The van der Waals surface area contributed by atoms with Crippen molar-refractivity contribution in [3.63, 3.8) is 0 Å². The van der Waals surface area contributed by atoms with Gasteiger partial charge in [-0.3, -0.25) is 14.5 Å². The van der Waals surface area contributed by atoms with Gasteiger partial charge < -0.3 is 15.5 Å². The lowest BCUT2D eigenvalue weighted by molar-refractivity contribution is -0.136. The summed E-state index contributed by atoms with van der Waals surface area (Å²) in [4.78, 5) is 28.2. The molecule has 9 heteroatoms. The molecule has 29 heavy (non-hydrogen) atoms. The van der Waals surface area contributed by atoms with Crippen molar-refractivity contribution in [2.75, 3.05) is 49.5 Å². The zero-order chi connectivity index (χ0) is 20.8. The number of amides is 2. The molecule has 1 heterocycles. The largest absolute Gasteiger partial charge is 0.369 e. The van der Waals surface area contributed by atoms with E-state index in [1.165, 1.54) is 6.07 Å². The molecule has 1 fully saturated rings. The molecule has 0 radical (unpaired) electrons. The Bertz CT molecular complexity index is 871. The number of benzene rings is 2. The number of carbonyl (C=O) groups excluding carboxylic acids is 2. The highest BCUT2D eigenvalue weighted by Gasteiger charge is 2.18. The minimum Gasteiger partial charge on any atom is -0.369 e. The Hall–Kier alpha value is -2.71. The van der Waals surface area contributed by atoms with Gasteiger partial charge in [-0.25, -0.2) is 8.78 Å². The lowest BCUT2D eigenvalue weighted by Gasteiger charge is -2.36. The molecule has 0 bridgehead atoms. The van der Waals surface area contributed by atoms with Gasteiger partial charge in [0, 0.05) is 61.7 Å². The summed E-state index contributed by atoms with van der Waals surface area (Å²) in [5.74, 6) is -3.87. The number of piperazine rings is 1. The number of rotatable bonds is 5. The van der Waals surface area contributed by atoms with E-state index in [9.17, 15) is 18.4 Å². The minimum atomic E-state index is -1.10. The molecule has 3 rings (SSSR count). The van der Waals surface area contributed by atoms with E-state index in [-0.39, 0.29) is 5.69 Å². The first kappa shape index (κ1) is 21.0. The Morgan fingerprint density at radius 1 is 0.931 bits per heavy atom. The molecule has 2 aromatic carbocycles. The van der Waals surface area contributed by atoms with Gasteiger partial charge in [0.25, 0.3) is 0 Å². The highest BCUT2D eigenvalue weighted by molar-refractivity contribution is 6.39. The Morgan fingerprint density at radius 3 is 2.28 bits per heavy atom. The van der Waals surface area contributed by atoms with E-state index < -0.39 is 23.4 Å². The first-order chi connectivity index (χ1) is 13.9. The van der Waals surface area contributed by atoms with E-state index in [0.717, 1.165) is 44.0 Å². The third-order valence-electron chi connectivity index (χ3n) is 4.66. The van der Waals surface area contributed by atoms with Crippen molar-refractivity contribution in [1.29, 1.82) is 0 Å². The average Bonchev–Trinajstić information content (AvgIpc) is 2.72. The van der Waals surface area contributed by atoms with Crippen LogP contribution in [0.3, 0.4) is 0 Å². The van der Waals surface area contributed by atoms with Gasteiger partial charge in [0.1, 0.15) is 0 Å². The van der Waals surface area contributed by atoms with Crippen LogP contribution in [-0.4, -0.2) is 56.0 Å². The van der Waals surface area contributed by atoms with Crippen molar-refractivity contribution in [2.24, 2.45) is 0 Å². The van der Waals surface area contributed by atoms with E-state index in [2.05, 4.69) is 20.4 Å². The SMILES string of the molecule is O=C(NCCN1CCN(c2ccc(Cl)cc2)CC1)C(=O)Nc1ccc(F)c(F)c1. The second kappa shape index (κ2) is 9.67. The standard InChI is InChI=1S/C20H21ClF2N4O2/c21-14-1-4-16(5-2-14)27-11-9-26(10-12-27)8-7-24-19(28)20(29)25-15-3-6-17(22)18(23)13-15/h1-6,13H,7-12H2,(H,24,28)(H,25,29). The molecule has 0 aromatic heterocycles. The van der Waals surface area contributed by atoms with Crippen LogP contribution < -0.4 is 15.5 Å². The van der Waals surface area contributed by atoms with E-state index in [1.807, 2.05) is 24.3 Å². The number of hydrogen-bond acceptors (Lipinski definition) is 4. The summed E-state index contributed by atoms with van der Waals surface area (Å²) < 4.78 is 26.0. The van der Waals surface area contributed by atoms with E-state index in [1.54, 1.807) is 0 Å². The second-order valence-corrected chi connectivity index (χ2v) is 7.08. The summed E-state index contributed by atoms with van der Waals surface area (Å²) in [6.45, 7) is 4.29. The lowest BCUT2D eigenvalue weighted by Crippen LogP contribution is -2.49. The normalized spacial score (nSPS) is 14.5. The van der Waals surface area contributed by atoms with Gasteiger partial charge in [0.15, 0.2) is 11.6 Å². The number of anilines is 2. The number of nitrogens with zero attached hydrogens (tertiary/aromatic N) is 2. The molecule has 2 aromatic rings. The summed E-state index contributed by atoms with van der Waals surface area (Å²) >= 11 is 5.92. The number of halogens is 3. The Labute approximate surface area is 172 Å². The van der Waals surface area contributed by atoms with Crippen molar-refractivity contribution in [1.82, 2.24) is 10.2 Å². The van der Waals surface area contributed by atoms with E-state index >= 15 is 0 Å². The Balaban J connectivity index is 1.37. The van der Waals surface area contributed by atoms with Crippen LogP contribution in [0.4, 0.5) is 20.2 Å².